The highest BCUT2D eigenvalue weighted by Crippen LogP contribution is 2.28. The molecule has 0 bridgehead atoms. The molecule has 0 fully saturated rings. The molecule has 0 saturated heterocycles. The first-order chi connectivity index (χ1) is 9.06. The number of hydrogen-bond donors (Lipinski definition) is 2. The molecule has 5 heteroatoms. The lowest BCUT2D eigenvalue weighted by Crippen LogP contribution is -2.32. The van der Waals surface area contributed by atoms with Crippen molar-refractivity contribution in [2.45, 2.75) is 39.0 Å². The van der Waals surface area contributed by atoms with Crippen LogP contribution in [0.3, 0.4) is 0 Å². The minimum atomic E-state index is -0.848. The molecular weight excluding hydrogens is 262 g/mol. The summed E-state index contributed by atoms with van der Waals surface area (Å²) < 4.78 is 0. The van der Waals surface area contributed by atoms with Crippen LogP contribution < -0.4 is 5.32 Å². The fourth-order valence-corrected chi connectivity index (χ4v) is 2.63. The number of thioether (sulfide) groups is 1. The van der Waals surface area contributed by atoms with Gasteiger partial charge in [0.05, 0.1) is 0 Å². The van der Waals surface area contributed by atoms with E-state index in [4.69, 9.17) is 5.11 Å². The number of hydrogen-bond acceptors (Lipinski definition) is 3. The first-order valence-electron chi connectivity index (χ1n) is 6.48. The molecule has 0 radical (unpaired) electrons. The molecule has 2 N–H and O–H groups in total. The Hall–Kier alpha value is -1.23. The zero-order valence-electron chi connectivity index (χ0n) is 11.5. The van der Waals surface area contributed by atoms with Crippen LogP contribution >= 0.6 is 11.8 Å². The van der Waals surface area contributed by atoms with Gasteiger partial charge in [-0.1, -0.05) is 5.57 Å². The fraction of sp³-hybridized carbons (Fsp3) is 0.571. The average molecular weight is 283 g/mol. The summed E-state index contributed by atoms with van der Waals surface area (Å²) >= 11 is 1.40. The highest BCUT2D eigenvalue weighted by Gasteiger charge is 2.21. The van der Waals surface area contributed by atoms with Crippen molar-refractivity contribution in [1.29, 1.82) is 0 Å². The molecule has 0 aromatic rings. The Kier molecular flexibility index (Phi) is 6.70. The molecule has 0 aromatic heterocycles. The molecule has 1 aliphatic heterocycles. The summed E-state index contributed by atoms with van der Waals surface area (Å²) in [6.07, 6.45) is 7.59. The van der Waals surface area contributed by atoms with E-state index >= 15 is 0 Å². The molecule has 0 spiro atoms. The minimum Gasteiger partial charge on any atom is -0.478 e. The topological polar surface area (TPSA) is 66.4 Å². The molecule has 1 aliphatic carbocycles. The normalized spacial score (nSPS) is 19.1. The lowest BCUT2D eigenvalue weighted by atomic mass is 9.87. The summed E-state index contributed by atoms with van der Waals surface area (Å²) in [5.41, 5.74) is 2.92. The molecule has 0 aromatic carbocycles. The summed E-state index contributed by atoms with van der Waals surface area (Å²) in [5.74, 6) is -0.648. The maximum atomic E-state index is 11.3. The van der Waals surface area contributed by atoms with Gasteiger partial charge < -0.3 is 10.4 Å². The Balaban J connectivity index is 0.000000203. The third kappa shape index (κ3) is 5.11. The van der Waals surface area contributed by atoms with Crippen LogP contribution in [-0.2, 0) is 9.59 Å². The SMILES string of the molecule is CS/C=C(\C)C(=O)O.O=C1NCCC2=C1CCCC2. The summed E-state index contributed by atoms with van der Waals surface area (Å²) in [7, 11) is 0. The number of amides is 1. The molecular formula is C14H21NO3S. The van der Waals surface area contributed by atoms with Gasteiger partial charge in [0.1, 0.15) is 0 Å². The second kappa shape index (κ2) is 8.04. The average Bonchev–Trinajstić information content (AvgIpc) is 2.40. The van der Waals surface area contributed by atoms with E-state index in [-0.39, 0.29) is 5.91 Å². The monoisotopic (exact) mass is 283 g/mol. The van der Waals surface area contributed by atoms with Crippen molar-refractivity contribution in [3.05, 3.63) is 22.1 Å². The van der Waals surface area contributed by atoms with Gasteiger partial charge in [0, 0.05) is 17.7 Å². The van der Waals surface area contributed by atoms with E-state index in [9.17, 15) is 9.59 Å². The van der Waals surface area contributed by atoms with Crippen LogP contribution in [0.25, 0.3) is 0 Å². The lowest BCUT2D eigenvalue weighted by molar-refractivity contribution is -0.132. The van der Waals surface area contributed by atoms with Crippen LogP contribution in [0.5, 0.6) is 0 Å². The zero-order valence-corrected chi connectivity index (χ0v) is 12.3. The highest BCUT2D eigenvalue weighted by atomic mass is 32.2. The molecule has 2 rings (SSSR count). The van der Waals surface area contributed by atoms with Crippen LogP contribution in [0.1, 0.15) is 39.0 Å². The number of nitrogens with one attached hydrogen (secondary N) is 1. The number of carbonyl (C=O) groups excluding carboxylic acids is 1. The van der Waals surface area contributed by atoms with Crippen LogP contribution in [-0.4, -0.2) is 29.8 Å². The van der Waals surface area contributed by atoms with Crippen LogP contribution in [0.2, 0.25) is 0 Å². The Bertz CT molecular complexity index is 409. The molecule has 19 heavy (non-hydrogen) atoms. The first-order valence-corrected chi connectivity index (χ1v) is 7.77. The van der Waals surface area contributed by atoms with Gasteiger partial charge in [-0.25, -0.2) is 4.79 Å². The standard InChI is InChI=1S/C9H13NO.C5H8O2S/c11-9-8-4-2-1-3-7(8)5-6-10-9;1-4(3-8-2)5(6)7/h1-6H2,(H,10,11);3H,1-2H3,(H,6,7)/b;4-3+. The van der Waals surface area contributed by atoms with Crippen molar-refractivity contribution in [2.24, 2.45) is 0 Å². The van der Waals surface area contributed by atoms with Crippen molar-refractivity contribution in [3.8, 4) is 0 Å². The molecule has 1 heterocycles. The number of carbonyl (C=O) groups is 2. The maximum absolute atomic E-state index is 11.3. The van der Waals surface area contributed by atoms with Crippen molar-refractivity contribution in [3.63, 3.8) is 0 Å². The van der Waals surface area contributed by atoms with Gasteiger partial charge in [-0.05, 0) is 50.7 Å². The molecule has 0 saturated carbocycles. The van der Waals surface area contributed by atoms with Crippen molar-refractivity contribution in [2.75, 3.05) is 12.8 Å². The third-order valence-electron chi connectivity index (χ3n) is 3.20. The van der Waals surface area contributed by atoms with Crippen molar-refractivity contribution >= 4 is 23.6 Å². The van der Waals surface area contributed by atoms with E-state index in [0.717, 1.165) is 25.0 Å². The van der Waals surface area contributed by atoms with E-state index in [0.29, 0.717) is 5.57 Å². The predicted molar refractivity (Wildman–Crippen MR) is 78.0 cm³/mol. The van der Waals surface area contributed by atoms with E-state index < -0.39 is 5.97 Å². The largest absolute Gasteiger partial charge is 0.478 e. The quantitative estimate of drug-likeness (QED) is 0.765. The summed E-state index contributed by atoms with van der Waals surface area (Å²) in [6, 6.07) is 0. The Morgan fingerprint density at radius 1 is 1.32 bits per heavy atom. The Labute approximate surface area is 118 Å². The van der Waals surface area contributed by atoms with Gasteiger partial charge in [-0.15, -0.1) is 11.8 Å². The van der Waals surface area contributed by atoms with Crippen LogP contribution in [0, 0.1) is 0 Å². The van der Waals surface area contributed by atoms with Gasteiger partial charge in [0.15, 0.2) is 0 Å². The van der Waals surface area contributed by atoms with E-state index in [1.54, 1.807) is 12.3 Å². The molecule has 1 amide bonds. The lowest BCUT2D eigenvalue weighted by Gasteiger charge is -2.24. The van der Waals surface area contributed by atoms with Gasteiger partial charge in [-0.2, -0.15) is 0 Å². The minimum absolute atomic E-state index is 0.200. The van der Waals surface area contributed by atoms with Crippen molar-refractivity contribution in [1.82, 2.24) is 5.32 Å². The van der Waals surface area contributed by atoms with E-state index in [2.05, 4.69) is 5.32 Å². The number of rotatable bonds is 2. The highest BCUT2D eigenvalue weighted by molar-refractivity contribution is 8.01. The summed E-state index contributed by atoms with van der Waals surface area (Å²) in [5, 5.41) is 12.7. The van der Waals surface area contributed by atoms with Gasteiger partial charge in [0.2, 0.25) is 5.91 Å². The number of carboxylic acid groups (broad SMARTS) is 1. The smallest absolute Gasteiger partial charge is 0.331 e. The summed E-state index contributed by atoms with van der Waals surface area (Å²) in [4.78, 5) is 21.3. The molecule has 4 nitrogen and oxygen atoms in total. The van der Waals surface area contributed by atoms with E-state index in [1.165, 1.54) is 36.6 Å². The first kappa shape index (κ1) is 15.8. The Morgan fingerprint density at radius 2 is 2.00 bits per heavy atom. The van der Waals surface area contributed by atoms with Crippen molar-refractivity contribution < 1.29 is 14.7 Å². The third-order valence-corrected chi connectivity index (χ3v) is 3.79. The molecule has 0 atom stereocenters. The summed E-state index contributed by atoms with van der Waals surface area (Å²) in [6.45, 7) is 2.43. The zero-order chi connectivity index (χ0) is 14.3. The fourth-order valence-electron chi connectivity index (χ4n) is 2.18. The number of aliphatic carboxylic acids is 1. The van der Waals surface area contributed by atoms with E-state index in [1.807, 2.05) is 6.26 Å². The van der Waals surface area contributed by atoms with Gasteiger partial charge >= 0.3 is 5.97 Å². The molecule has 2 aliphatic rings. The number of carboxylic acids is 1. The molecule has 0 unspecified atom stereocenters. The van der Waals surface area contributed by atoms with Gasteiger partial charge in [-0.3, -0.25) is 4.79 Å². The Morgan fingerprint density at radius 3 is 2.53 bits per heavy atom. The predicted octanol–water partition coefficient (Wildman–Crippen LogP) is 2.71. The van der Waals surface area contributed by atoms with Crippen LogP contribution in [0.15, 0.2) is 22.1 Å². The van der Waals surface area contributed by atoms with Gasteiger partial charge in [0.25, 0.3) is 0 Å². The second-order valence-corrected chi connectivity index (χ2v) is 5.34. The van der Waals surface area contributed by atoms with Crippen LogP contribution in [0.4, 0.5) is 0 Å². The second-order valence-electron chi connectivity index (χ2n) is 4.64. The maximum Gasteiger partial charge on any atom is 0.331 e. The molecule has 106 valence electrons.